The zero-order chi connectivity index (χ0) is 14.1. The van der Waals surface area contributed by atoms with Crippen LogP contribution in [0.4, 0.5) is 0 Å². The number of ether oxygens (including phenoxy) is 1. The van der Waals surface area contributed by atoms with Crippen LogP contribution in [-0.2, 0) is 13.1 Å². The van der Waals surface area contributed by atoms with Gasteiger partial charge in [0.2, 0.25) is 0 Å². The first-order chi connectivity index (χ1) is 9.74. The molecule has 1 aliphatic heterocycles. The number of thioether (sulfide) groups is 1. The number of aryl methyl sites for hydroxylation is 1. The Hall–Kier alpha value is -1.46. The van der Waals surface area contributed by atoms with Crippen LogP contribution in [0, 0.1) is 6.92 Å². The van der Waals surface area contributed by atoms with Crippen LogP contribution in [0.2, 0.25) is 0 Å². The monoisotopic (exact) mass is 289 g/mol. The Morgan fingerprint density at radius 3 is 3.05 bits per heavy atom. The number of hydrogen-bond acceptors (Lipinski definition) is 4. The van der Waals surface area contributed by atoms with Crippen molar-refractivity contribution in [1.29, 1.82) is 0 Å². The molecule has 0 atom stereocenters. The topological polar surface area (TPSA) is 53.1 Å². The number of rotatable bonds is 4. The number of imidazole rings is 1. The van der Waals surface area contributed by atoms with Crippen molar-refractivity contribution in [2.75, 3.05) is 12.4 Å². The molecule has 4 nitrogen and oxygen atoms in total. The van der Waals surface area contributed by atoms with E-state index >= 15 is 0 Å². The van der Waals surface area contributed by atoms with E-state index < -0.39 is 0 Å². The molecule has 2 aromatic rings. The molecule has 0 saturated heterocycles. The highest BCUT2D eigenvalue weighted by Gasteiger charge is 2.23. The second kappa shape index (κ2) is 5.50. The average molecular weight is 289 g/mol. The predicted molar refractivity (Wildman–Crippen MR) is 82.2 cm³/mol. The Morgan fingerprint density at radius 2 is 2.30 bits per heavy atom. The molecule has 1 aromatic heterocycles. The zero-order valence-electron chi connectivity index (χ0n) is 11.8. The van der Waals surface area contributed by atoms with Gasteiger partial charge in [-0.25, -0.2) is 4.98 Å². The molecule has 0 unspecified atom stereocenters. The highest BCUT2D eigenvalue weighted by atomic mass is 32.2. The van der Waals surface area contributed by atoms with Crippen LogP contribution in [0.15, 0.2) is 23.4 Å². The zero-order valence-corrected chi connectivity index (χ0v) is 12.7. The van der Waals surface area contributed by atoms with Crippen molar-refractivity contribution < 1.29 is 4.74 Å². The third kappa shape index (κ3) is 2.21. The maximum Gasteiger partial charge on any atom is 0.168 e. The van der Waals surface area contributed by atoms with Crippen molar-refractivity contribution >= 4 is 11.8 Å². The Labute approximate surface area is 123 Å². The highest BCUT2D eigenvalue weighted by molar-refractivity contribution is 7.99. The smallest absolute Gasteiger partial charge is 0.168 e. The lowest BCUT2D eigenvalue weighted by atomic mass is 10.1. The minimum atomic E-state index is 0.502. The first-order valence-corrected chi connectivity index (χ1v) is 7.89. The standard InChI is InChI=1S/C15H19N3OS/c1-3-19-13-5-4-10(2)8-11(13)14-12(9-16)18-6-7-20-15(18)17-14/h4-5,8H,3,6-7,9,16H2,1-2H3. The molecular weight excluding hydrogens is 270 g/mol. The summed E-state index contributed by atoms with van der Waals surface area (Å²) in [5.41, 5.74) is 10.3. The van der Waals surface area contributed by atoms with Crippen molar-refractivity contribution in [3.05, 3.63) is 29.5 Å². The van der Waals surface area contributed by atoms with Crippen molar-refractivity contribution in [1.82, 2.24) is 9.55 Å². The molecule has 2 N–H and O–H groups in total. The van der Waals surface area contributed by atoms with Crippen LogP contribution in [0.25, 0.3) is 11.3 Å². The molecule has 0 saturated carbocycles. The van der Waals surface area contributed by atoms with Crippen LogP contribution in [0.5, 0.6) is 5.75 Å². The van der Waals surface area contributed by atoms with Crippen molar-refractivity contribution in [2.45, 2.75) is 32.1 Å². The Kier molecular flexibility index (Phi) is 3.72. The summed E-state index contributed by atoms with van der Waals surface area (Å²) < 4.78 is 7.98. The number of hydrogen-bond donors (Lipinski definition) is 1. The Balaban J connectivity index is 2.15. The van der Waals surface area contributed by atoms with Gasteiger partial charge in [-0.1, -0.05) is 23.4 Å². The third-order valence-electron chi connectivity index (χ3n) is 3.47. The number of nitrogens with two attached hydrogens (primary N) is 1. The molecule has 2 heterocycles. The maximum atomic E-state index is 5.96. The summed E-state index contributed by atoms with van der Waals surface area (Å²) in [6.07, 6.45) is 0. The van der Waals surface area contributed by atoms with Crippen molar-refractivity contribution in [3.63, 3.8) is 0 Å². The van der Waals surface area contributed by atoms with E-state index in [0.717, 1.165) is 40.2 Å². The molecule has 1 aromatic carbocycles. The van der Waals surface area contributed by atoms with Crippen LogP contribution < -0.4 is 10.5 Å². The number of nitrogens with zero attached hydrogens (tertiary/aromatic N) is 2. The molecule has 3 rings (SSSR count). The molecule has 0 fully saturated rings. The number of benzene rings is 1. The Bertz CT molecular complexity index is 636. The first-order valence-electron chi connectivity index (χ1n) is 6.90. The molecule has 20 heavy (non-hydrogen) atoms. The van der Waals surface area contributed by atoms with E-state index in [-0.39, 0.29) is 0 Å². The van der Waals surface area contributed by atoms with Crippen molar-refractivity contribution in [2.24, 2.45) is 5.73 Å². The predicted octanol–water partition coefficient (Wildman–Crippen LogP) is 2.82. The second-order valence-corrected chi connectivity index (χ2v) is 5.89. The van der Waals surface area contributed by atoms with Gasteiger partial charge in [0.25, 0.3) is 0 Å². The lowest BCUT2D eigenvalue weighted by molar-refractivity contribution is 0.341. The van der Waals surface area contributed by atoms with Gasteiger partial charge in [-0.05, 0) is 26.0 Å². The van der Waals surface area contributed by atoms with E-state index in [1.165, 1.54) is 5.56 Å². The average Bonchev–Trinajstić information content (AvgIpc) is 3.01. The summed E-state index contributed by atoms with van der Waals surface area (Å²) in [7, 11) is 0. The minimum Gasteiger partial charge on any atom is -0.493 e. The first kappa shape index (κ1) is 13.5. The fourth-order valence-corrected chi connectivity index (χ4v) is 3.54. The van der Waals surface area contributed by atoms with E-state index in [4.69, 9.17) is 15.5 Å². The molecule has 0 bridgehead atoms. The summed E-state index contributed by atoms with van der Waals surface area (Å²) in [4.78, 5) is 4.78. The van der Waals surface area contributed by atoms with E-state index in [1.54, 1.807) is 11.8 Å². The van der Waals surface area contributed by atoms with Gasteiger partial charge in [0.15, 0.2) is 5.16 Å². The van der Waals surface area contributed by atoms with Gasteiger partial charge in [0, 0.05) is 24.4 Å². The maximum absolute atomic E-state index is 5.96. The van der Waals surface area contributed by atoms with Gasteiger partial charge in [-0.15, -0.1) is 0 Å². The third-order valence-corrected chi connectivity index (χ3v) is 4.42. The van der Waals surface area contributed by atoms with Gasteiger partial charge in [-0.3, -0.25) is 0 Å². The van der Waals surface area contributed by atoms with Gasteiger partial charge in [0.05, 0.1) is 18.0 Å². The minimum absolute atomic E-state index is 0.502. The summed E-state index contributed by atoms with van der Waals surface area (Å²) in [5, 5.41) is 1.07. The van der Waals surface area contributed by atoms with E-state index in [0.29, 0.717) is 13.2 Å². The molecule has 0 spiro atoms. The van der Waals surface area contributed by atoms with E-state index in [2.05, 4.69) is 23.6 Å². The lowest BCUT2D eigenvalue weighted by Crippen LogP contribution is -2.07. The lowest BCUT2D eigenvalue weighted by Gasteiger charge is -2.11. The van der Waals surface area contributed by atoms with Crippen LogP contribution >= 0.6 is 11.8 Å². The SMILES string of the molecule is CCOc1ccc(C)cc1-c1nc2n(c1CN)CCS2. The quantitative estimate of drug-likeness (QED) is 0.940. The fourth-order valence-electron chi connectivity index (χ4n) is 2.57. The number of fused-ring (bicyclic) bond motifs is 1. The molecule has 5 heteroatoms. The van der Waals surface area contributed by atoms with Crippen LogP contribution in [0.1, 0.15) is 18.2 Å². The molecule has 0 radical (unpaired) electrons. The molecule has 1 aliphatic rings. The summed E-state index contributed by atoms with van der Waals surface area (Å²) in [6.45, 7) is 6.23. The molecule has 0 amide bonds. The second-order valence-electron chi connectivity index (χ2n) is 4.83. The van der Waals surface area contributed by atoms with Gasteiger partial charge >= 0.3 is 0 Å². The van der Waals surface area contributed by atoms with Gasteiger partial charge in [-0.2, -0.15) is 0 Å². The highest BCUT2D eigenvalue weighted by Crippen LogP contribution is 2.37. The summed E-state index contributed by atoms with van der Waals surface area (Å²) >= 11 is 1.79. The molecule has 0 aliphatic carbocycles. The summed E-state index contributed by atoms with van der Waals surface area (Å²) in [5.74, 6) is 1.97. The number of aromatic nitrogens is 2. The van der Waals surface area contributed by atoms with E-state index in [9.17, 15) is 0 Å². The van der Waals surface area contributed by atoms with Gasteiger partial charge in [0.1, 0.15) is 5.75 Å². The Morgan fingerprint density at radius 1 is 1.45 bits per heavy atom. The molecule has 106 valence electrons. The van der Waals surface area contributed by atoms with Crippen molar-refractivity contribution in [3.8, 4) is 17.0 Å². The molecular formula is C15H19N3OS. The summed E-state index contributed by atoms with van der Waals surface area (Å²) in [6, 6.07) is 6.22. The largest absolute Gasteiger partial charge is 0.493 e. The van der Waals surface area contributed by atoms with E-state index in [1.807, 2.05) is 13.0 Å². The van der Waals surface area contributed by atoms with Gasteiger partial charge < -0.3 is 15.0 Å². The van der Waals surface area contributed by atoms with Crippen LogP contribution in [0.3, 0.4) is 0 Å². The normalized spacial score (nSPS) is 13.6. The van der Waals surface area contributed by atoms with Crippen LogP contribution in [-0.4, -0.2) is 21.9 Å². The fraction of sp³-hybridized carbons (Fsp3) is 0.400.